The van der Waals surface area contributed by atoms with Crippen LogP contribution in [0, 0.1) is 0 Å². The van der Waals surface area contributed by atoms with Gasteiger partial charge in [-0.2, -0.15) is 0 Å². The van der Waals surface area contributed by atoms with Gasteiger partial charge in [-0.25, -0.2) is 9.78 Å². The van der Waals surface area contributed by atoms with E-state index in [0.29, 0.717) is 10.3 Å². The van der Waals surface area contributed by atoms with Crippen LogP contribution < -0.4 is 5.32 Å². The molecule has 0 unspecified atom stereocenters. The van der Waals surface area contributed by atoms with E-state index in [9.17, 15) is 4.79 Å². The van der Waals surface area contributed by atoms with E-state index in [4.69, 9.17) is 5.11 Å². The third kappa shape index (κ3) is 2.79. The summed E-state index contributed by atoms with van der Waals surface area (Å²) in [4.78, 5) is 18.7. The number of rotatable bonds is 3. The van der Waals surface area contributed by atoms with E-state index in [-0.39, 0.29) is 5.56 Å². The second kappa shape index (κ2) is 4.92. The van der Waals surface area contributed by atoms with Gasteiger partial charge in [-0.3, -0.25) is 4.98 Å². The molecule has 6 heteroatoms. The number of carboxylic acid groups (broad SMARTS) is 1. The molecule has 2 aromatic heterocycles. The third-order valence-electron chi connectivity index (χ3n) is 2.06. The van der Waals surface area contributed by atoms with E-state index in [1.807, 2.05) is 0 Å². The molecule has 2 rings (SSSR count). The van der Waals surface area contributed by atoms with E-state index >= 15 is 0 Å². The van der Waals surface area contributed by atoms with Crippen molar-refractivity contribution in [1.29, 1.82) is 0 Å². The predicted octanol–water partition coefficient (Wildman–Crippen LogP) is 2.68. The summed E-state index contributed by atoms with van der Waals surface area (Å²) < 4.78 is 0.674. The minimum absolute atomic E-state index is 0.125. The summed E-state index contributed by atoms with van der Waals surface area (Å²) >= 11 is 3.24. The Balaban J connectivity index is 2.33. The number of pyridine rings is 2. The lowest BCUT2D eigenvalue weighted by molar-refractivity contribution is 0.0697. The molecule has 0 spiro atoms. The highest BCUT2D eigenvalue weighted by atomic mass is 79.9. The number of hydrogen-bond donors (Lipinski definition) is 2. The molecular formula is C11H8BrN3O2. The van der Waals surface area contributed by atoms with Crippen LogP contribution in [0.3, 0.4) is 0 Å². The number of carboxylic acids is 1. The summed E-state index contributed by atoms with van der Waals surface area (Å²) in [6.07, 6.45) is 4.46. The van der Waals surface area contributed by atoms with Crippen molar-refractivity contribution in [2.45, 2.75) is 0 Å². The largest absolute Gasteiger partial charge is 0.478 e. The van der Waals surface area contributed by atoms with E-state index in [1.54, 1.807) is 24.4 Å². The number of nitrogens with one attached hydrogen (secondary N) is 1. The summed E-state index contributed by atoms with van der Waals surface area (Å²) in [5.41, 5.74) is 1.37. The first-order valence-electron chi connectivity index (χ1n) is 4.72. The predicted molar refractivity (Wildman–Crippen MR) is 66.4 cm³/mol. The van der Waals surface area contributed by atoms with Crippen LogP contribution in [0.15, 0.2) is 41.4 Å². The number of carbonyl (C=O) groups is 1. The second-order valence-corrected chi connectivity index (χ2v) is 4.03. The van der Waals surface area contributed by atoms with E-state index in [2.05, 4.69) is 31.2 Å². The van der Waals surface area contributed by atoms with Gasteiger partial charge in [-0.1, -0.05) is 0 Å². The van der Waals surface area contributed by atoms with Crippen LogP contribution in [-0.2, 0) is 0 Å². The Morgan fingerprint density at radius 2 is 2.18 bits per heavy atom. The number of hydrogen-bond acceptors (Lipinski definition) is 4. The van der Waals surface area contributed by atoms with Gasteiger partial charge < -0.3 is 10.4 Å². The van der Waals surface area contributed by atoms with Crippen LogP contribution in [0.1, 0.15) is 10.4 Å². The maximum absolute atomic E-state index is 11.0. The van der Waals surface area contributed by atoms with Crippen molar-refractivity contribution < 1.29 is 9.90 Å². The standard InChI is InChI=1S/C11H8BrN3O2/c12-10-5-7(1-4-14-10)15-9-2-3-13-6-8(9)11(16)17/h1-6H,(H,16,17)(H,13,14,15). The van der Waals surface area contributed by atoms with Crippen molar-refractivity contribution in [1.82, 2.24) is 9.97 Å². The van der Waals surface area contributed by atoms with Crippen molar-refractivity contribution in [3.05, 3.63) is 47.0 Å². The Bertz CT molecular complexity index is 560. The average Bonchev–Trinajstić information content (AvgIpc) is 2.29. The average molecular weight is 294 g/mol. The fraction of sp³-hybridized carbons (Fsp3) is 0. The first-order chi connectivity index (χ1) is 8.16. The van der Waals surface area contributed by atoms with Crippen LogP contribution in [0.25, 0.3) is 0 Å². The first-order valence-corrected chi connectivity index (χ1v) is 5.52. The minimum Gasteiger partial charge on any atom is -0.478 e. The highest BCUT2D eigenvalue weighted by molar-refractivity contribution is 9.10. The first kappa shape index (κ1) is 11.5. The van der Waals surface area contributed by atoms with Crippen molar-refractivity contribution in [3.63, 3.8) is 0 Å². The SMILES string of the molecule is O=C(O)c1cnccc1Nc1ccnc(Br)c1. The number of aromatic nitrogens is 2. The molecular weight excluding hydrogens is 286 g/mol. The van der Waals surface area contributed by atoms with Crippen LogP contribution in [-0.4, -0.2) is 21.0 Å². The summed E-state index contributed by atoms with van der Waals surface area (Å²) in [5, 5.41) is 12.0. The molecule has 0 aliphatic carbocycles. The number of anilines is 2. The zero-order chi connectivity index (χ0) is 12.3. The van der Waals surface area contributed by atoms with Gasteiger partial charge in [-0.05, 0) is 34.1 Å². The highest BCUT2D eigenvalue weighted by Crippen LogP contribution is 2.21. The van der Waals surface area contributed by atoms with Crippen LogP contribution in [0.2, 0.25) is 0 Å². The Kier molecular flexibility index (Phi) is 3.34. The maximum atomic E-state index is 11.0. The van der Waals surface area contributed by atoms with Gasteiger partial charge >= 0.3 is 5.97 Å². The van der Waals surface area contributed by atoms with Gasteiger partial charge in [-0.15, -0.1) is 0 Å². The molecule has 0 radical (unpaired) electrons. The lowest BCUT2D eigenvalue weighted by Gasteiger charge is -2.08. The molecule has 86 valence electrons. The fourth-order valence-corrected chi connectivity index (χ4v) is 1.67. The Hall–Kier alpha value is -1.95. The van der Waals surface area contributed by atoms with Crippen LogP contribution >= 0.6 is 15.9 Å². The lowest BCUT2D eigenvalue weighted by Crippen LogP contribution is -2.03. The minimum atomic E-state index is -1.02. The lowest BCUT2D eigenvalue weighted by atomic mass is 10.2. The normalized spacial score (nSPS) is 9.94. The third-order valence-corrected chi connectivity index (χ3v) is 2.49. The highest BCUT2D eigenvalue weighted by Gasteiger charge is 2.09. The Morgan fingerprint density at radius 3 is 2.88 bits per heavy atom. The number of aromatic carboxylic acids is 1. The molecule has 5 nitrogen and oxygen atoms in total. The van der Waals surface area contributed by atoms with Gasteiger partial charge in [0.2, 0.25) is 0 Å². The van der Waals surface area contributed by atoms with Gasteiger partial charge in [0.15, 0.2) is 0 Å². The monoisotopic (exact) mass is 293 g/mol. The summed E-state index contributed by atoms with van der Waals surface area (Å²) in [6, 6.07) is 5.11. The molecule has 0 saturated carbocycles. The van der Waals surface area contributed by atoms with Crippen molar-refractivity contribution in [3.8, 4) is 0 Å². The molecule has 0 fully saturated rings. The zero-order valence-corrected chi connectivity index (χ0v) is 10.2. The van der Waals surface area contributed by atoms with Crippen molar-refractivity contribution in [2.24, 2.45) is 0 Å². The maximum Gasteiger partial charge on any atom is 0.339 e. The van der Waals surface area contributed by atoms with E-state index in [1.165, 1.54) is 12.4 Å². The Labute approximate surface area is 106 Å². The zero-order valence-electron chi connectivity index (χ0n) is 8.59. The van der Waals surface area contributed by atoms with Gasteiger partial charge in [0.05, 0.1) is 5.69 Å². The molecule has 0 amide bonds. The molecule has 17 heavy (non-hydrogen) atoms. The molecule has 0 atom stereocenters. The number of nitrogens with zero attached hydrogens (tertiary/aromatic N) is 2. The van der Waals surface area contributed by atoms with Crippen LogP contribution in [0.5, 0.6) is 0 Å². The molecule has 2 heterocycles. The van der Waals surface area contributed by atoms with Gasteiger partial charge in [0, 0.05) is 24.3 Å². The summed E-state index contributed by atoms with van der Waals surface area (Å²) in [7, 11) is 0. The topological polar surface area (TPSA) is 75.1 Å². The van der Waals surface area contributed by atoms with E-state index < -0.39 is 5.97 Å². The smallest absolute Gasteiger partial charge is 0.339 e. The molecule has 2 aromatic rings. The van der Waals surface area contributed by atoms with E-state index in [0.717, 1.165) is 5.69 Å². The van der Waals surface area contributed by atoms with Crippen molar-refractivity contribution >= 4 is 33.3 Å². The molecule has 0 aromatic carbocycles. The quantitative estimate of drug-likeness (QED) is 0.851. The fourth-order valence-electron chi connectivity index (χ4n) is 1.31. The van der Waals surface area contributed by atoms with Crippen molar-refractivity contribution in [2.75, 3.05) is 5.32 Å². The molecule has 0 bridgehead atoms. The van der Waals surface area contributed by atoms with Gasteiger partial charge in [0.25, 0.3) is 0 Å². The number of halogens is 1. The Morgan fingerprint density at radius 1 is 1.35 bits per heavy atom. The van der Waals surface area contributed by atoms with Crippen LogP contribution in [0.4, 0.5) is 11.4 Å². The second-order valence-electron chi connectivity index (χ2n) is 3.22. The summed E-state index contributed by atoms with van der Waals surface area (Å²) in [5.74, 6) is -1.02. The summed E-state index contributed by atoms with van der Waals surface area (Å²) in [6.45, 7) is 0. The molecule has 0 aliphatic rings. The van der Waals surface area contributed by atoms with Gasteiger partial charge in [0.1, 0.15) is 10.2 Å². The molecule has 0 saturated heterocycles. The molecule has 0 aliphatic heterocycles. The molecule has 2 N–H and O–H groups in total.